The molecule has 1 fully saturated rings. The number of carbonyl (C=O) groups excluding carboxylic acids is 1. The summed E-state index contributed by atoms with van der Waals surface area (Å²) in [7, 11) is 1.60. The molecule has 8 nitrogen and oxygen atoms in total. The van der Waals surface area contributed by atoms with Crippen LogP contribution >= 0.6 is 0 Å². The Morgan fingerprint density at radius 2 is 2.05 bits per heavy atom. The number of hydrogen-bond donors (Lipinski definition) is 3. The number of aliphatic carboxylic acids is 2. The minimum atomic E-state index is -1.17. The van der Waals surface area contributed by atoms with Crippen LogP contribution in [0.4, 0.5) is 4.79 Å². The monoisotopic (exact) mass is 302 g/mol. The number of rotatable bonds is 7. The lowest BCUT2D eigenvalue weighted by Crippen LogP contribution is -2.51. The third kappa shape index (κ3) is 5.22. The van der Waals surface area contributed by atoms with Gasteiger partial charge in [-0.05, 0) is 26.2 Å². The van der Waals surface area contributed by atoms with E-state index in [0.29, 0.717) is 13.0 Å². The van der Waals surface area contributed by atoms with Crippen molar-refractivity contribution in [3.05, 3.63) is 0 Å². The molecule has 0 spiro atoms. The highest BCUT2D eigenvalue weighted by Gasteiger charge is 2.32. The summed E-state index contributed by atoms with van der Waals surface area (Å²) in [5, 5.41) is 20.1. The molecule has 0 radical (unpaired) electrons. The van der Waals surface area contributed by atoms with Gasteiger partial charge in [-0.15, -0.1) is 0 Å². The molecule has 1 rings (SSSR count). The summed E-state index contributed by atoms with van der Waals surface area (Å²) in [6.07, 6.45) is 0.776. The van der Waals surface area contributed by atoms with Crippen molar-refractivity contribution in [2.75, 3.05) is 13.7 Å². The van der Waals surface area contributed by atoms with Gasteiger partial charge in [0.05, 0.1) is 12.1 Å². The van der Waals surface area contributed by atoms with Gasteiger partial charge in [-0.25, -0.2) is 9.59 Å². The second-order valence-corrected chi connectivity index (χ2v) is 5.17. The smallest absolute Gasteiger partial charge is 0.326 e. The Bertz CT molecular complexity index is 400. The number of carboxylic acid groups (broad SMARTS) is 2. The van der Waals surface area contributed by atoms with Crippen molar-refractivity contribution in [1.29, 1.82) is 0 Å². The summed E-state index contributed by atoms with van der Waals surface area (Å²) in [6.45, 7) is 2.44. The number of urea groups is 1. The molecule has 2 amide bonds. The van der Waals surface area contributed by atoms with Crippen LogP contribution in [0.25, 0.3) is 0 Å². The van der Waals surface area contributed by atoms with Gasteiger partial charge in [0.15, 0.2) is 0 Å². The molecule has 21 heavy (non-hydrogen) atoms. The summed E-state index contributed by atoms with van der Waals surface area (Å²) in [6, 6.07) is -1.66. The van der Waals surface area contributed by atoms with Crippen molar-refractivity contribution >= 4 is 18.0 Å². The van der Waals surface area contributed by atoms with Crippen LogP contribution in [0.15, 0.2) is 0 Å². The lowest BCUT2D eigenvalue weighted by atomic mass is 10.1. The van der Waals surface area contributed by atoms with Gasteiger partial charge in [0, 0.05) is 20.1 Å². The summed E-state index contributed by atoms with van der Waals surface area (Å²) >= 11 is 0. The van der Waals surface area contributed by atoms with Crippen LogP contribution in [-0.4, -0.2) is 64.9 Å². The zero-order valence-corrected chi connectivity index (χ0v) is 12.2. The minimum absolute atomic E-state index is 0.0813. The molecule has 0 aliphatic carbocycles. The molecule has 1 aliphatic rings. The standard InChI is InChI=1S/C13H22N2O6/c1-8-10(6-7-21-8)15(2)13(20)14-9(12(18)19)4-3-5-11(16)17/h8-10H,3-7H2,1-2H3,(H,14,20)(H,16,17)(H,18,19)/t8?,9-,10?/m1/s1. The average molecular weight is 302 g/mol. The third-order valence-electron chi connectivity index (χ3n) is 3.63. The van der Waals surface area contributed by atoms with E-state index in [1.165, 1.54) is 4.90 Å². The predicted molar refractivity (Wildman–Crippen MR) is 73.0 cm³/mol. The Morgan fingerprint density at radius 1 is 1.38 bits per heavy atom. The summed E-state index contributed by atoms with van der Waals surface area (Å²) in [5.41, 5.74) is 0. The zero-order chi connectivity index (χ0) is 16.0. The fraction of sp³-hybridized carbons (Fsp3) is 0.769. The van der Waals surface area contributed by atoms with Gasteiger partial charge >= 0.3 is 18.0 Å². The van der Waals surface area contributed by atoms with Gasteiger partial charge in [-0.2, -0.15) is 0 Å². The lowest BCUT2D eigenvalue weighted by molar-refractivity contribution is -0.140. The first kappa shape index (κ1) is 17.2. The Balaban J connectivity index is 2.51. The average Bonchev–Trinajstić information content (AvgIpc) is 2.82. The maximum atomic E-state index is 12.1. The minimum Gasteiger partial charge on any atom is -0.481 e. The maximum Gasteiger partial charge on any atom is 0.326 e. The number of ether oxygens (including phenoxy) is 1. The number of hydrogen-bond acceptors (Lipinski definition) is 4. The van der Waals surface area contributed by atoms with Crippen molar-refractivity contribution in [2.24, 2.45) is 0 Å². The van der Waals surface area contributed by atoms with Gasteiger partial charge in [0.25, 0.3) is 0 Å². The molecule has 8 heteroatoms. The highest BCUT2D eigenvalue weighted by molar-refractivity contribution is 5.82. The first-order chi connectivity index (χ1) is 9.82. The second kappa shape index (κ2) is 7.82. The molecule has 0 aromatic heterocycles. The largest absolute Gasteiger partial charge is 0.481 e. The van der Waals surface area contributed by atoms with Crippen LogP contribution in [0.3, 0.4) is 0 Å². The number of amides is 2. The SMILES string of the molecule is CC1OCCC1N(C)C(=O)N[C@H](CCCC(=O)O)C(=O)O. The maximum absolute atomic E-state index is 12.1. The van der Waals surface area contributed by atoms with Crippen LogP contribution in [0.5, 0.6) is 0 Å². The van der Waals surface area contributed by atoms with E-state index in [-0.39, 0.29) is 31.4 Å². The van der Waals surface area contributed by atoms with Crippen LogP contribution in [0.2, 0.25) is 0 Å². The summed E-state index contributed by atoms with van der Waals surface area (Å²) < 4.78 is 5.38. The molecule has 3 N–H and O–H groups in total. The van der Waals surface area contributed by atoms with Crippen molar-refractivity contribution < 1.29 is 29.3 Å². The number of nitrogens with one attached hydrogen (secondary N) is 1. The Kier molecular flexibility index (Phi) is 6.41. The highest BCUT2D eigenvalue weighted by Crippen LogP contribution is 2.18. The topological polar surface area (TPSA) is 116 Å². The lowest BCUT2D eigenvalue weighted by Gasteiger charge is -2.28. The molecule has 1 heterocycles. The molecule has 3 atom stereocenters. The van der Waals surface area contributed by atoms with Crippen molar-refractivity contribution in [3.8, 4) is 0 Å². The van der Waals surface area contributed by atoms with E-state index in [2.05, 4.69) is 5.32 Å². The first-order valence-corrected chi connectivity index (χ1v) is 6.92. The van der Waals surface area contributed by atoms with Gasteiger partial charge < -0.3 is 25.2 Å². The molecular formula is C13H22N2O6. The molecule has 0 aromatic carbocycles. The van der Waals surface area contributed by atoms with Gasteiger partial charge in [-0.3, -0.25) is 4.79 Å². The van der Waals surface area contributed by atoms with Crippen molar-refractivity contribution in [2.45, 2.75) is 50.8 Å². The quantitative estimate of drug-likeness (QED) is 0.631. The Morgan fingerprint density at radius 3 is 2.52 bits per heavy atom. The van der Waals surface area contributed by atoms with Crippen LogP contribution in [-0.2, 0) is 14.3 Å². The summed E-state index contributed by atoms with van der Waals surface area (Å²) in [4.78, 5) is 35.1. The molecule has 0 bridgehead atoms. The fourth-order valence-corrected chi connectivity index (χ4v) is 2.35. The number of carbonyl (C=O) groups is 3. The number of likely N-dealkylation sites (N-methyl/N-ethyl adjacent to an activating group) is 1. The van der Waals surface area contributed by atoms with Crippen molar-refractivity contribution in [3.63, 3.8) is 0 Å². The van der Waals surface area contributed by atoms with E-state index in [9.17, 15) is 14.4 Å². The normalized spacial score (nSPS) is 22.6. The van der Waals surface area contributed by atoms with Gasteiger partial charge in [0.2, 0.25) is 0 Å². The van der Waals surface area contributed by atoms with E-state index >= 15 is 0 Å². The number of carboxylic acids is 2. The van der Waals surface area contributed by atoms with E-state index in [1.807, 2.05) is 6.92 Å². The Hall–Kier alpha value is -1.83. The molecule has 120 valence electrons. The molecule has 2 unspecified atom stereocenters. The number of nitrogens with zero attached hydrogens (tertiary/aromatic N) is 1. The van der Waals surface area contributed by atoms with Gasteiger partial charge in [0.1, 0.15) is 6.04 Å². The first-order valence-electron chi connectivity index (χ1n) is 6.92. The van der Waals surface area contributed by atoms with Crippen molar-refractivity contribution in [1.82, 2.24) is 10.2 Å². The van der Waals surface area contributed by atoms with E-state index < -0.39 is 24.0 Å². The second-order valence-electron chi connectivity index (χ2n) is 5.17. The highest BCUT2D eigenvalue weighted by atomic mass is 16.5. The molecule has 0 aromatic rings. The van der Waals surface area contributed by atoms with E-state index in [1.54, 1.807) is 7.05 Å². The van der Waals surface area contributed by atoms with E-state index in [0.717, 1.165) is 0 Å². The predicted octanol–water partition coefficient (Wildman–Crippen LogP) is 0.513. The van der Waals surface area contributed by atoms with Crippen LogP contribution in [0.1, 0.15) is 32.6 Å². The Labute approximate surface area is 123 Å². The van der Waals surface area contributed by atoms with E-state index in [4.69, 9.17) is 14.9 Å². The summed E-state index contributed by atoms with van der Waals surface area (Å²) in [5.74, 6) is -2.16. The van der Waals surface area contributed by atoms with Crippen LogP contribution in [0, 0.1) is 0 Å². The zero-order valence-electron chi connectivity index (χ0n) is 12.2. The molecule has 1 saturated heterocycles. The van der Waals surface area contributed by atoms with Gasteiger partial charge in [-0.1, -0.05) is 0 Å². The third-order valence-corrected chi connectivity index (χ3v) is 3.63. The fourth-order valence-electron chi connectivity index (χ4n) is 2.35. The molecule has 1 aliphatic heterocycles. The molecule has 0 saturated carbocycles. The van der Waals surface area contributed by atoms with Crippen LogP contribution < -0.4 is 5.32 Å². The molecular weight excluding hydrogens is 280 g/mol.